The topological polar surface area (TPSA) is 81.8 Å². The minimum Gasteiger partial charge on any atom is -0.339 e. The van der Waals surface area contributed by atoms with Crippen molar-refractivity contribution in [1.82, 2.24) is 20.4 Å². The van der Waals surface area contributed by atoms with Crippen molar-refractivity contribution >= 4 is 17.8 Å². The summed E-state index contributed by atoms with van der Waals surface area (Å²) < 4.78 is 0. The molecule has 1 spiro atoms. The molecule has 2 rings (SSSR count). The molecule has 0 saturated carbocycles. The zero-order valence-electron chi connectivity index (χ0n) is 9.95. The second kappa shape index (κ2) is 3.99. The Morgan fingerprint density at radius 3 is 2.71 bits per heavy atom. The summed E-state index contributed by atoms with van der Waals surface area (Å²) >= 11 is 0. The number of likely N-dealkylation sites (N-methyl/N-ethyl adjacent to an activating group) is 1. The highest BCUT2D eigenvalue weighted by Gasteiger charge is 2.51. The average molecular weight is 240 g/mol. The van der Waals surface area contributed by atoms with Crippen LogP contribution in [0.5, 0.6) is 0 Å². The minimum absolute atomic E-state index is 0.0270. The van der Waals surface area contributed by atoms with Gasteiger partial charge >= 0.3 is 6.03 Å². The molecule has 2 saturated heterocycles. The zero-order chi connectivity index (χ0) is 12.6. The molecule has 1 atom stereocenters. The second-order valence-corrected chi connectivity index (χ2v) is 4.79. The van der Waals surface area contributed by atoms with Crippen LogP contribution in [0.3, 0.4) is 0 Å². The van der Waals surface area contributed by atoms with Crippen molar-refractivity contribution in [3.8, 4) is 0 Å². The Morgan fingerprint density at radius 1 is 1.47 bits per heavy atom. The number of carbonyl (C=O) groups is 3. The first kappa shape index (κ1) is 11.8. The molecule has 2 aliphatic heterocycles. The lowest BCUT2D eigenvalue weighted by Crippen LogP contribution is -2.50. The predicted octanol–water partition coefficient (Wildman–Crippen LogP) is -1.64. The van der Waals surface area contributed by atoms with Crippen molar-refractivity contribution in [2.45, 2.75) is 12.0 Å². The molecule has 94 valence electrons. The number of nitrogens with one attached hydrogen (secondary N) is 2. The third kappa shape index (κ3) is 2.10. The van der Waals surface area contributed by atoms with Crippen LogP contribution in [-0.4, -0.2) is 66.9 Å². The molecule has 2 heterocycles. The fourth-order valence-corrected chi connectivity index (χ4v) is 2.21. The molecule has 2 N–H and O–H groups in total. The number of likely N-dealkylation sites (tertiary alicyclic amines) is 1. The van der Waals surface area contributed by atoms with E-state index >= 15 is 0 Å². The Hall–Kier alpha value is -1.63. The third-order valence-electron chi connectivity index (χ3n) is 3.09. The third-order valence-corrected chi connectivity index (χ3v) is 3.09. The highest BCUT2D eigenvalue weighted by molar-refractivity contribution is 6.07. The van der Waals surface area contributed by atoms with Gasteiger partial charge in [0.1, 0.15) is 5.54 Å². The summed E-state index contributed by atoms with van der Waals surface area (Å²) in [5, 5.41) is 4.82. The van der Waals surface area contributed by atoms with E-state index in [0.29, 0.717) is 19.5 Å². The van der Waals surface area contributed by atoms with Crippen molar-refractivity contribution in [2.24, 2.45) is 0 Å². The van der Waals surface area contributed by atoms with Crippen molar-refractivity contribution in [3.63, 3.8) is 0 Å². The van der Waals surface area contributed by atoms with Gasteiger partial charge in [-0.3, -0.25) is 14.9 Å². The van der Waals surface area contributed by atoms with Crippen molar-refractivity contribution in [3.05, 3.63) is 0 Å². The van der Waals surface area contributed by atoms with Gasteiger partial charge in [0.05, 0.1) is 13.1 Å². The monoisotopic (exact) mass is 240 g/mol. The van der Waals surface area contributed by atoms with Crippen molar-refractivity contribution < 1.29 is 14.4 Å². The van der Waals surface area contributed by atoms with Gasteiger partial charge < -0.3 is 15.1 Å². The molecule has 0 aromatic heterocycles. The number of imide groups is 1. The Labute approximate surface area is 99.1 Å². The van der Waals surface area contributed by atoms with E-state index in [2.05, 4.69) is 10.6 Å². The van der Waals surface area contributed by atoms with Gasteiger partial charge in [0, 0.05) is 6.54 Å². The highest BCUT2D eigenvalue weighted by atomic mass is 16.2. The van der Waals surface area contributed by atoms with Crippen LogP contribution in [0, 0.1) is 0 Å². The van der Waals surface area contributed by atoms with Crippen molar-refractivity contribution in [2.75, 3.05) is 33.7 Å². The molecule has 2 aliphatic rings. The first-order valence-corrected chi connectivity index (χ1v) is 5.49. The molecule has 0 bridgehead atoms. The van der Waals surface area contributed by atoms with Crippen LogP contribution in [0.15, 0.2) is 0 Å². The maximum absolute atomic E-state index is 11.8. The van der Waals surface area contributed by atoms with Crippen LogP contribution in [0.1, 0.15) is 6.42 Å². The largest absolute Gasteiger partial charge is 0.339 e. The van der Waals surface area contributed by atoms with Gasteiger partial charge in [-0.2, -0.15) is 0 Å². The summed E-state index contributed by atoms with van der Waals surface area (Å²) in [5.41, 5.74) is -0.904. The molecule has 2 fully saturated rings. The average Bonchev–Trinajstić information content (AvgIpc) is 2.72. The number of amides is 4. The maximum Gasteiger partial charge on any atom is 0.322 e. The van der Waals surface area contributed by atoms with Crippen LogP contribution >= 0.6 is 0 Å². The standard InChI is InChI=1S/C10H16N4O3/c1-13(2)5-7(15)14-4-3-10(6-14)8(16)11-9(17)12-10/h3-6H2,1-2H3,(H2,11,12,16,17). The first-order valence-electron chi connectivity index (χ1n) is 5.49. The minimum atomic E-state index is -0.904. The molecule has 7 nitrogen and oxygen atoms in total. The maximum atomic E-state index is 11.8. The normalized spacial score (nSPS) is 27.8. The summed E-state index contributed by atoms with van der Waals surface area (Å²) in [6.45, 7) is 1.07. The summed E-state index contributed by atoms with van der Waals surface area (Å²) in [7, 11) is 3.63. The smallest absolute Gasteiger partial charge is 0.322 e. The Morgan fingerprint density at radius 2 is 2.18 bits per heavy atom. The predicted molar refractivity (Wildman–Crippen MR) is 59.2 cm³/mol. The van der Waals surface area contributed by atoms with Gasteiger partial charge in [0.25, 0.3) is 5.91 Å². The van der Waals surface area contributed by atoms with E-state index in [9.17, 15) is 14.4 Å². The van der Waals surface area contributed by atoms with Crippen LogP contribution in [0.2, 0.25) is 0 Å². The first-order chi connectivity index (χ1) is 7.93. The summed E-state index contributed by atoms with van der Waals surface area (Å²) in [5.74, 6) is -0.358. The number of hydrogen-bond donors (Lipinski definition) is 2. The lowest BCUT2D eigenvalue weighted by atomic mass is 10.00. The molecule has 0 aromatic rings. The number of nitrogens with zero attached hydrogens (tertiary/aromatic N) is 2. The summed E-state index contributed by atoms with van der Waals surface area (Å²) in [6.07, 6.45) is 0.476. The van der Waals surface area contributed by atoms with E-state index in [-0.39, 0.29) is 18.4 Å². The van der Waals surface area contributed by atoms with Crippen LogP contribution < -0.4 is 10.6 Å². The van der Waals surface area contributed by atoms with Gasteiger partial charge in [-0.15, -0.1) is 0 Å². The molecular formula is C10H16N4O3. The second-order valence-electron chi connectivity index (χ2n) is 4.79. The number of hydrogen-bond acceptors (Lipinski definition) is 4. The Kier molecular flexibility index (Phi) is 2.78. The number of rotatable bonds is 2. The van der Waals surface area contributed by atoms with Crippen LogP contribution in [0.25, 0.3) is 0 Å². The van der Waals surface area contributed by atoms with Gasteiger partial charge in [-0.1, -0.05) is 0 Å². The van der Waals surface area contributed by atoms with Gasteiger partial charge in [-0.05, 0) is 20.5 Å². The fourth-order valence-electron chi connectivity index (χ4n) is 2.21. The Bertz CT molecular complexity index is 382. The molecular weight excluding hydrogens is 224 g/mol. The Balaban J connectivity index is 2.02. The SMILES string of the molecule is CN(C)CC(=O)N1CCC2(C1)NC(=O)NC2=O. The molecule has 0 radical (unpaired) electrons. The molecule has 0 aliphatic carbocycles. The highest BCUT2D eigenvalue weighted by Crippen LogP contribution is 2.24. The lowest BCUT2D eigenvalue weighted by molar-refractivity contribution is -0.131. The molecule has 0 aromatic carbocycles. The fraction of sp³-hybridized carbons (Fsp3) is 0.700. The van der Waals surface area contributed by atoms with Gasteiger partial charge in [-0.25, -0.2) is 4.79 Å². The van der Waals surface area contributed by atoms with Gasteiger partial charge in [0.2, 0.25) is 5.91 Å². The van der Waals surface area contributed by atoms with E-state index in [1.54, 1.807) is 9.80 Å². The molecule has 4 amide bonds. The zero-order valence-corrected chi connectivity index (χ0v) is 9.95. The molecule has 1 unspecified atom stereocenters. The summed E-state index contributed by atoms with van der Waals surface area (Å²) in [6, 6.07) is -0.475. The molecule has 17 heavy (non-hydrogen) atoms. The lowest BCUT2D eigenvalue weighted by Gasteiger charge is -2.22. The van der Waals surface area contributed by atoms with E-state index in [1.165, 1.54) is 0 Å². The van der Waals surface area contributed by atoms with E-state index in [1.807, 2.05) is 14.1 Å². The van der Waals surface area contributed by atoms with Crippen LogP contribution in [0.4, 0.5) is 4.79 Å². The number of carbonyl (C=O) groups excluding carboxylic acids is 3. The molecule has 7 heteroatoms. The quantitative estimate of drug-likeness (QED) is 0.567. The van der Waals surface area contributed by atoms with Crippen molar-refractivity contribution in [1.29, 1.82) is 0 Å². The summed E-state index contributed by atoms with van der Waals surface area (Å²) in [4.78, 5) is 38.0. The van der Waals surface area contributed by atoms with Gasteiger partial charge in [0.15, 0.2) is 0 Å². The van der Waals surface area contributed by atoms with Crippen LogP contribution in [-0.2, 0) is 9.59 Å². The van der Waals surface area contributed by atoms with E-state index in [4.69, 9.17) is 0 Å². The van der Waals surface area contributed by atoms with E-state index in [0.717, 1.165) is 0 Å². The number of urea groups is 1. The van der Waals surface area contributed by atoms with E-state index < -0.39 is 11.6 Å².